The molecule has 3 heteroatoms. The molecule has 1 saturated carbocycles. The SMILES string of the molecule is CCCCN(CCCOC1CCNCC1)C1CC1. The zero-order valence-electron chi connectivity index (χ0n) is 12.0. The minimum atomic E-state index is 0.524. The van der Waals surface area contributed by atoms with Crippen molar-refractivity contribution in [2.24, 2.45) is 0 Å². The number of hydrogen-bond acceptors (Lipinski definition) is 3. The van der Waals surface area contributed by atoms with Gasteiger partial charge in [0.1, 0.15) is 0 Å². The highest BCUT2D eigenvalue weighted by atomic mass is 16.5. The van der Waals surface area contributed by atoms with E-state index in [9.17, 15) is 0 Å². The fourth-order valence-electron chi connectivity index (χ4n) is 2.76. The lowest BCUT2D eigenvalue weighted by molar-refractivity contribution is 0.0274. The molecule has 1 aliphatic heterocycles. The van der Waals surface area contributed by atoms with Gasteiger partial charge in [-0.2, -0.15) is 0 Å². The average Bonchev–Trinajstić information content (AvgIpc) is 3.23. The van der Waals surface area contributed by atoms with Gasteiger partial charge in [-0.25, -0.2) is 0 Å². The first-order valence-corrected chi connectivity index (χ1v) is 7.96. The summed E-state index contributed by atoms with van der Waals surface area (Å²) >= 11 is 0. The second-order valence-corrected chi connectivity index (χ2v) is 5.79. The molecule has 106 valence electrons. The topological polar surface area (TPSA) is 24.5 Å². The van der Waals surface area contributed by atoms with E-state index < -0.39 is 0 Å². The van der Waals surface area contributed by atoms with E-state index >= 15 is 0 Å². The highest BCUT2D eigenvalue weighted by Gasteiger charge is 2.27. The number of nitrogens with one attached hydrogen (secondary N) is 1. The summed E-state index contributed by atoms with van der Waals surface area (Å²) in [6.45, 7) is 8.06. The molecule has 0 unspecified atom stereocenters. The van der Waals surface area contributed by atoms with Crippen LogP contribution in [-0.4, -0.2) is 49.8 Å². The smallest absolute Gasteiger partial charge is 0.0599 e. The maximum absolute atomic E-state index is 5.97. The molecule has 0 atom stereocenters. The van der Waals surface area contributed by atoms with E-state index in [-0.39, 0.29) is 0 Å². The lowest BCUT2D eigenvalue weighted by Gasteiger charge is -2.25. The van der Waals surface area contributed by atoms with Crippen LogP contribution in [0, 0.1) is 0 Å². The molecular formula is C15H30N2O. The number of ether oxygens (including phenoxy) is 1. The van der Waals surface area contributed by atoms with Gasteiger partial charge in [-0.3, -0.25) is 0 Å². The Labute approximate surface area is 112 Å². The van der Waals surface area contributed by atoms with Gasteiger partial charge in [0.25, 0.3) is 0 Å². The number of rotatable bonds is 9. The van der Waals surface area contributed by atoms with Crippen molar-refractivity contribution in [3.8, 4) is 0 Å². The van der Waals surface area contributed by atoms with Crippen molar-refractivity contribution in [1.82, 2.24) is 10.2 Å². The summed E-state index contributed by atoms with van der Waals surface area (Å²) in [5, 5.41) is 3.38. The van der Waals surface area contributed by atoms with Crippen LogP contribution in [-0.2, 0) is 4.74 Å². The lowest BCUT2D eigenvalue weighted by Crippen LogP contribution is -2.33. The molecule has 1 N–H and O–H groups in total. The van der Waals surface area contributed by atoms with E-state index in [4.69, 9.17) is 4.74 Å². The molecule has 0 aromatic carbocycles. The van der Waals surface area contributed by atoms with E-state index in [0.717, 1.165) is 25.7 Å². The minimum Gasteiger partial charge on any atom is -0.378 e. The first kappa shape index (κ1) is 14.3. The van der Waals surface area contributed by atoms with Crippen LogP contribution in [0.25, 0.3) is 0 Å². The number of hydrogen-bond donors (Lipinski definition) is 1. The van der Waals surface area contributed by atoms with E-state index in [1.807, 2.05) is 0 Å². The molecule has 2 aliphatic rings. The van der Waals surface area contributed by atoms with Gasteiger partial charge in [-0.05, 0) is 58.2 Å². The molecule has 1 heterocycles. The molecule has 18 heavy (non-hydrogen) atoms. The third kappa shape index (κ3) is 5.25. The second-order valence-electron chi connectivity index (χ2n) is 5.79. The first-order chi connectivity index (χ1) is 8.90. The van der Waals surface area contributed by atoms with Crippen molar-refractivity contribution in [2.75, 3.05) is 32.8 Å². The molecule has 0 aromatic rings. The minimum absolute atomic E-state index is 0.524. The molecule has 2 rings (SSSR count). The number of nitrogens with zero attached hydrogens (tertiary/aromatic N) is 1. The van der Waals surface area contributed by atoms with Crippen LogP contribution in [0.5, 0.6) is 0 Å². The zero-order chi connectivity index (χ0) is 12.6. The van der Waals surface area contributed by atoms with E-state index in [0.29, 0.717) is 6.10 Å². The summed E-state index contributed by atoms with van der Waals surface area (Å²) in [6, 6.07) is 0.912. The predicted octanol–water partition coefficient (Wildman–Crippen LogP) is 2.41. The van der Waals surface area contributed by atoms with Gasteiger partial charge in [0.05, 0.1) is 6.10 Å². The van der Waals surface area contributed by atoms with Crippen LogP contribution in [0.3, 0.4) is 0 Å². The quantitative estimate of drug-likeness (QED) is 0.640. The highest BCUT2D eigenvalue weighted by molar-refractivity contribution is 4.84. The standard InChI is InChI=1S/C15H30N2O/c1-2-3-11-17(14-5-6-14)12-4-13-18-15-7-9-16-10-8-15/h14-16H,2-13H2,1H3. The van der Waals surface area contributed by atoms with E-state index in [2.05, 4.69) is 17.1 Å². The summed E-state index contributed by atoms with van der Waals surface area (Å²) < 4.78 is 5.97. The molecule has 0 aromatic heterocycles. The van der Waals surface area contributed by atoms with Crippen molar-refractivity contribution in [2.45, 2.75) is 64.0 Å². The number of piperidine rings is 1. The van der Waals surface area contributed by atoms with Gasteiger partial charge in [-0.15, -0.1) is 0 Å². The van der Waals surface area contributed by atoms with Gasteiger partial charge < -0.3 is 15.0 Å². The fraction of sp³-hybridized carbons (Fsp3) is 1.00. The lowest BCUT2D eigenvalue weighted by atomic mass is 10.1. The highest BCUT2D eigenvalue weighted by Crippen LogP contribution is 2.27. The van der Waals surface area contributed by atoms with Crippen LogP contribution in [0.1, 0.15) is 51.9 Å². The first-order valence-electron chi connectivity index (χ1n) is 7.96. The Bertz CT molecular complexity index is 213. The van der Waals surface area contributed by atoms with Gasteiger partial charge in [0, 0.05) is 19.2 Å². The maximum atomic E-state index is 5.97. The summed E-state index contributed by atoms with van der Waals surface area (Å²) in [7, 11) is 0. The van der Waals surface area contributed by atoms with Crippen molar-refractivity contribution in [3.63, 3.8) is 0 Å². The Kier molecular flexibility index (Phi) is 6.46. The Hall–Kier alpha value is -0.120. The van der Waals surface area contributed by atoms with Crippen LogP contribution < -0.4 is 5.32 Å². The average molecular weight is 254 g/mol. The molecule has 1 saturated heterocycles. The summed E-state index contributed by atoms with van der Waals surface area (Å²) in [5.41, 5.74) is 0. The second kappa shape index (κ2) is 8.13. The summed E-state index contributed by atoms with van der Waals surface area (Å²) in [6.07, 6.45) is 9.66. The summed E-state index contributed by atoms with van der Waals surface area (Å²) in [5.74, 6) is 0. The van der Waals surface area contributed by atoms with Crippen LogP contribution in [0.4, 0.5) is 0 Å². The van der Waals surface area contributed by atoms with Crippen molar-refractivity contribution >= 4 is 0 Å². The van der Waals surface area contributed by atoms with Crippen molar-refractivity contribution < 1.29 is 4.74 Å². The van der Waals surface area contributed by atoms with Gasteiger partial charge >= 0.3 is 0 Å². The maximum Gasteiger partial charge on any atom is 0.0599 e. The van der Waals surface area contributed by atoms with E-state index in [1.54, 1.807) is 0 Å². The van der Waals surface area contributed by atoms with E-state index in [1.165, 1.54) is 58.0 Å². The van der Waals surface area contributed by atoms with Crippen molar-refractivity contribution in [3.05, 3.63) is 0 Å². The number of unbranched alkanes of at least 4 members (excludes halogenated alkanes) is 1. The Morgan fingerprint density at radius 1 is 1.06 bits per heavy atom. The zero-order valence-corrected chi connectivity index (χ0v) is 12.0. The fourth-order valence-corrected chi connectivity index (χ4v) is 2.76. The summed E-state index contributed by atoms with van der Waals surface area (Å²) in [4.78, 5) is 2.69. The molecule has 0 radical (unpaired) electrons. The van der Waals surface area contributed by atoms with Gasteiger partial charge in [0.2, 0.25) is 0 Å². The monoisotopic (exact) mass is 254 g/mol. The van der Waals surface area contributed by atoms with Gasteiger partial charge in [-0.1, -0.05) is 13.3 Å². The molecule has 1 aliphatic carbocycles. The third-order valence-electron chi connectivity index (χ3n) is 4.09. The molecule has 3 nitrogen and oxygen atoms in total. The molecule has 0 bridgehead atoms. The normalized spacial score (nSPS) is 21.7. The Morgan fingerprint density at radius 3 is 2.44 bits per heavy atom. The molecule has 0 spiro atoms. The largest absolute Gasteiger partial charge is 0.378 e. The van der Waals surface area contributed by atoms with Crippen LogP contribution in [0.15, 0.2) is 0 Å². The van der Waals surface area contributed by atoms with Crippen LogP contribution >= 0.6 is 0 Å². The third-order valence-corrected chi connectivity index (χ3v) is 4.09. The Morgan fingerprint density at radius 2 is 1.78 bits per heavy atom. The molecule has 0 amide bonds. The Balaban J connectivity index is 1.52. The van der Waals surface area contributed by atoms with Crippen LogP contribution in [0.2, 0.25) is 0 Å². The van der Waals surface area contributed by atoms with Gasteiger partial charge in [0.15, 0.2) is 0 Å². The predicted molar refractivity (Wildman–Crippen MR) is 76.0 cm³/mol. The molecule has 2 fully saturated rings. The molecular weight excluding hydrogens is 224 g/mol. The van der Waals surface area contributed by atoms with Crippen molar-refractivity contribution in [1.29, 1.82) is 0 Å².